The molecule has 0 aromatic carbocycles. The fourth-order valence-electron chi connectivity index (χ4n) is 12.8. The molecule has 592 valence electrons. The lowest BCUT2D eigenvalue weighted by Gasteiger charge is -2.48. The van der Waals surface area contributed by atoms with Crippen LogP contribution in [-0.2, 0) is 33.2 Å². The fraction of sp³-hybridized carbons (Fsp3) is 0.750. The first-order valence-electron chi connectivity index (χ1n) is 40.3. The molecule has 0 spiro atoms. The van der Waals surface area contributed by atoms with E-state index in [1.807, 2.05) is 6.08 Å². The van der Waals surface area contributed by atoms with Crippen LogP contribution in [0.3, 0.4) is 0 Å². The summed E-state index contributed by atoms with van der Waals surface area (Å²) >= 11 is 0. The van der Waals surface area contributed by atoms with Gasteiger partial charge in [-0.3, -0.25) is 4.79 Å². The number of aliphatic hydroxyl groups excluding tert-OH is 11. The van der Waals surface area contributed by atoms with Crippen molar-refractivity contribution in [1.29, 1.82) is 0 Å². The number of nitrogens with one attached hydrogen (secondary N) is 1. The molecule has 19 nitrogen and oxygen atoms in total. The van der Waals surface area contributed by atoms with Gasteiger partial charge in [0.2, 0.25) is 5.91 Å². The van der Waals surface area contributed by atoms with E-state index in [4.69, 9.17) is 28.4 Å². The van der Waals surface area contributed by atoms with E-state index in [-0.39, 0.29) is 12.3 Å². The van der Waals surface area contributed by atoms with Crippen molar-refractivity contribution >= 4 is 5.91 Å². The van der Waals surface area contributed by atoms with Crippen molar-refractivity contribution in [1.82, 2.24) is 5.32 Å². The van der Waals surface area contributed by atoms with Crippen LogP contribution >= 0.6 is 0 Å². The highest BCUT2D eigenvalue weighted by molar-refractivity contribution is 5.76. The second-order valence-electron chi connectivity index (χ2n) is 28.1. The van der Waals surface area contributed by atoms with Crippen molar-refractivity contribution in [3.05, 3.63) is 122 Å². The van der Waals surface area contributed by atoms with Crippen LogP contribution in [0.1, 0.15) is 271 Å². The first-order chi connectivity index (χ1) is 50.3. The Morgan fingerprint density at radius 2 is 0.680 bits per heavy atom. The molecule has 0 radical (unpaired) electrons. The highest BCUT2D eigenvalue weighted by Gasteiger charge is 2.54. The highest BCUT2D eigenvalue weighted by Crippen LogP contribution is 2.33. The number of ether oxygens (including phenoxy) is 6. The van der Waals surface area contributed by atoms with Crippen LogP contribution in [0.15, 0.2) is 122 Å². The van der Waals surface area contributed by atoms with E-state index in [0.29, 0.717) is 12.8 Å². The van der Waals surface area contributed by atoms with E-state index in [2.05, 4.69) is 129 Å². The predicted molar refractivity (Wildman–Crippen MR) is 410 cm³/mol. The van der Waals surface area contributed by atoms with Gasteiger partial charge >= 0.3 is 0 Å². The monoisotopic (exact) mass is 1450 g/mol. The average Bonchev–Trinajstić information content (AvgIpc) is 0.781. The van der Waals surface area contributed by atoms with E-state index in [1.165, 1.54) is 148 Å². The molecular formula is C84H143NO18. The Balaban J connectivity index is 1.41. The Morgan fingerprint density at radius 3 is 1.09 bits per heavy atom. The number of amides is 1. The van der Waals surface area contributed by atoms with Crippen LogP contribution in [0.2, 0.25) is 0 Å². The van der Waals surface area contributed by atoms with Crippen molar-refractivity contribution in [2.24, 2.45) is 0 Å². The third-order valence-electron chi connectivity index (χ3n) is 19.2. The van der Waals surface area contributed by atoms with Gasteiger partial charge in [0.25, 0.3) is 0 Å². The zero-order valence-electron chi connectivity index (χ0n) is 63.3. The molecule has 19 heteroatoms. The maximum Gasteiger partial charge on any atom is 0.220 e. The minimum atomic E-state index is -1.99. The van der Waals surface area contributed by atoms with E-state index >= 15 is 0 Å². The lowest BCUT2D eigenvalue weighted by molar-refractivity contribution is -0.379. The smallest absolute Gasteiger partial charge is 0.220 e. The molecule has 17 atom stereocenters. The molecular weight excluding hydrogens is 1310 g/mol. The Bertz CT molecular complexity index is 2330. The minimum Gasteiger partial charge on any atom is -0.394 e. The average molecular weight is 1460 g/mol. The van der Waals surface area contributed by atoms with Gasteiger partial charge in [0.15, 0.2) is 18.9 Å². The lowest BCUT2D eigenvalue weighted by atomic mass is 9.96. The van der Waals surface area contributed by atoms with Crippen molar-refractivity contribution in [2.75, 3.05) is 26.4 Å². The summed E-state index contributed by atoms with van der Waals surface area (Å²) in [5, 5.41) is 121. The molecule has 3 aliphatic rings. The molecule has 3 rings (SSSR count). The van der Waals surface area contributed by atoms with Crippen molar-refractivity contribution in [2.45, 2.75) is 375 Å². The molecule has 0 aromatic heterocycles. The summed E-state index contributed by atoms with van der Waals surface area (Å²) in [5.41, 5.74) is 0. The summed E-state index contributed by atoms with van der Waals surface area (Å²) in [6.07, 6.45) is 62.0. The maximum absolute atomic E-state index is 13.4. The van der Waals surface area contributed by atoms with Gasteiger partial charge in [-0.1, -0.05) is 283 Å². The predicted octanol–water partition coefficient (Wildman–Crippen LogP) is 13.5. The number of aliphatic hydroxyl groups is 11. The number of carbonyl (C=O) groups is 1. The lowest BCUT2D eigenvalue weighted by Crippen LogP contribution is -2.66. The molecule has 3 fully saturated rings. The van der Waals surface area contributed by atoms with Gasteiger partial charge in [-0.2, -0.15) is 0 Å². The number of unbranched alkanes of at least 4 members (excludes halogenated alkanes) is 28. The molecule has 3 aliphatic heterocycles. The molecule has 12 N–H and O–H groups in total. The van der Waals surface area contributed by atoms with Crippen LogP contribution in [-0.4, -0.2) is 193 Å². The summed E-state index contributed by atoms with van der Waals surface area (Å²) in [6, 6.07) is -1.03. The number of carbonyl (C=O) groups excluding carboxylic acids is 1. The van der Waals surface area contributed by atoms with Gasteiger partial charge in [0.05, 0.1) is 38.6 Å². The summed E-state index contributed by atoms with van der Waals surface area (Å²) in [7, 11) is 0. The molecule has 3 heterocycles. The van der Waals surface area contributed by atoms with Gasteiger partial charge in [-0.05, 0) is 103 Å². The summed E-state index contributed by atoms with van der Waals surface area (Å²) in [5.74, 6) is -0.325. The molecule has 103 heavy (non-hydrogen) atoms. The van der Waals surface area contributed by atoms with Crippen LogP contribution in [0, 0.1) is 0 Å². The summed E-state index contributed by atoms with van der Waals surface area (Å²) in [4.78, 5) is 13.4. The van der Waals surface area contributed by atoms with Crippen molar-refractivity contribution in [3.8, 4) is 0 Å². The number of hydrogen-bond donors (Lipinski definition) is 12. The number of allylic oxidation sites excluding steroid dienone is 19. The Kier molecular flexibility index (Phi) is 57.3. The minimum absolute atomic E-state index is 0.184. The zero-order chi connectivity index (χ0) is 74.6. The quantitative estimate of drug-likeness (QED) is 0.0199. The summed E-state index contributed by atoms with van der Waals surface area (Å²) < 4.78 is 34.4. The molecule has 0 bridgehead atoms. The third kappa shape index (κ3) is 43.1. The zero-order valence-corrected chi connectivity index (χ0v) is 63.3. The van der Waals surface area contributed by atoms with Gasteiger partial charge in [-0.15, -0.1) is 0 Å². The second kappa shape index (κ2) is 63.2. The van der Waals surface area contributed by atoms with Crippen LogP contribution in [0.5, 0.6) is 0 Å². The topological polar surface area (TPSA) is 307 Å². The Morgan fingerprint density at radius 1 is 0.359 bits per heavy atom. The standard InChI is InChI=1S/C84H143NO18/c1-3-5-7-9-11-13-15-17-19-21-23-25-27-29-30-31-32-33-34-35-36-38-39-41-43-45-47-49-51-53-55-57-59-61-68(89)67(85-72(90)62-60-58-56-54-52-50-48-46-44-42-40-37-28-26-24-22-20-18-16-14-12-10-8-6-4-2)66-98-82-78(96)75(93)80(70(64-87)100-82)103-84-79(97)76(94)81(71(65-88)101-84)102-83-77(95)74(92)73(91)69(63-86)99-83/h6,8,12,14,18,20,24,26,37,40,43-46,50-53,59,61,67-71,73-84,86-89,91-97H,3-5,7,9-11,13,15-17,19,21-23,25,27-36,38-39,41-42,47-49,54-58,60,62-66H2,1-2H3,(H,85,90)/b8-6-,14-12-,20-18-,26-24-,40-37-,45-43+,46-44-,52-50-,53-51+,61-59+. The molecule has 0 saturated carbocycles. The third-order valence-corrected chi connectivity index (χ3v) is 19.2. The number of rotatable bonds is 62. The molecule has 0 aromatic rings. The molecule has 17 unspecified atom stereocenters. The highest BCUT2D eigenvalue weighted by atomic mass is 16.8. The van der Waals surface area contributed by atoms with E-state index in [1.54, 1.807) is 6.08 Å². The molecule has 1 amide bonds. The van der Waals surface area contributed by atoms with Gasteiger partial charge in [0.1, 0.15) is 73.2 Å². The van der Waals surface area contributed by atoms with Crippen LogP contribution in [0.4, 0.5) is 0 Å². The van der Waals surface area contributed by atoms with E-state index in [0.717, 1.165) is 89.9 Å². The second-order valence-corrected chi connectivity index (χ2v) is 28.1. The van der Waals surface area contributed by atoms with Crippen LogP contribution in [0.25, 0.3) is 0 Å². The van der Waals surface area contributed by atoms with Gasteiger partial charge in [-0.25, -0.2) is 0 Å². The van der Waals surface area contributed by atoms with E-state index < -0.39 is 131 Å². The largest absolute Gasteiger partial charge is 0.394 e. The van der Waals surface area contributed by atoms with Gasteiger partial charge in [0, 0.05) is 6.42 Å². The first-order valence-corrected chi connectivity index (χ1v) is 40.3. The first kappa shape index (κ1) is 93.4. The Labute approximate surface area is 620 Å². The normalized spacial score (nSPS) is 26.7. The van der Waals surface area contributed by atoms with Crippen molar-refractivity contribution < 1.29 is 89.4 Å². The Hall–Kier alpha value is -3.81. The fourth-order valence-corrected chi connectivity index (χ4v) is 12.8. The van der Waals surface area contributed by atoms with Gasteiger partial charge < -0.3 is 89.9 Å². The SMILES string of the molecule is CC/C=C\C/C=C\C/C=C\C/C=C\C/C=C\C/C=C\C/C=C\CCCCCC(=O)NC(COC1OC(CO)C(OC2OC(CO)C(OC3OC(CO)C(O)C(O)C3O)C(O)C2O)C(O)C1O)C(O)/C=C/CC/C=C/CC/C=C/CCCCCCCCCCCCCCCCCCCCCCCCC. The summed E-state index contributed by atoms with van der Waals surface area (Å²) in [6.45, 7) is 1.58. The van der Waals surface area contributed by atoms with Crippen molar-refractivity contribution in [3.63, 3.8) is 0 Å². The van der Waals surface area contributed by atoms with E-state index in [9.17, 15) is 61.0 Å². The maximum atomic E-state index is 13.4. The molecule has 0 aliphatic carbocycles. The molecule has 3 saturated heterocycles. The van der Waals surface area contributed by atoms with Crippen LogP contribution < -0.4 is 5.32 Å². The number of hydrogen-bond acceptors (Lipinski definition) is 18.